The lowest BCUT2D eigenvalue weighted by Gasteiger charge is -2.24. The Morgan fingerprint density at radius 1 is 1.09 bits per heavy atom. The van der Waals surface area contributed by atoms with Gasteiger partial charge in [-0.2, -0.15) is 0 Å². The molecule has 184 valence electrons. The van der Waals surface area contributed by atoms with Gasteiger partial charge in [0, 0.05) is 18.0 Å². The minimum Gasteiger partial charge on any atom is -0.444 e. The van der Waals surface area contributed by atoms with Gasteiger partial charge in [-0.1, -0.05) is 44.2 Å². The minimum absolute atomic E-state index is 0.238. The van der Waals surface area contributed by atoms with Crippen LogP contribution in [0.1, 0.15) is 53.0 Å². The summed E-state index contributed by atoms with van der Waals surface area (Å²) in [6.45, 7) is 11.5. The van der Waals surface area contributed by atoms with E-state index in [0.29, 0.717) is 6.42 Å². The number of anilines is 1. The monoisotopic (exact) mass is 483 g/mol. The van der Waals surface area contributed by atoms with E-state index in [1.807, 2.05) is 26.0 Å². The van der Waals surface area contributed by atoms with Crippen molar-refractivity contribution in [3.8, 4) is 10.4 Å². The number of hydrogen-bond acceptors (Lipinski definition) is 5. The molecular formula is C27H37N3O3S. The first-order valence-electron chi connectivity index (χ1n) is 11.9. The van der Waals surface area contributed by atoms with E-state index in [2.05, 4.69) is 52.9 Å². The average molecular weight is 484 g/mol. The summed E-state index contributed by atoms with van der Waals surface area (Å²) in [7, 11) is 2.14. The van der Waals surface area contributed by atoms with E-state index in [1.54, 1.807) is 20.8 Å². The van der Waals surface area contributed by atoms with Crippen molar-refractivity contribution < 1.29 is 14.3 Å². The number of carbonyl (C=O) groups is 2. The lowest BCUT2D eigenvalue weighted by molar-refractivity contribution is -0.118. The number of likely N-dealkylation sites (N-methyl/N-ethyl adjacent to an activating group) is 1. The van der Waals surface area contributed by atoms with Gasteiger partial charge in [-0.25, -0.2) is 4.79 Å². The molecule has 2 heterocycles. The molecule has 1 aromatic carbocycles. The number of carbonyl (C=O) groups excluding carboxylic acids is 2. The summed E-state index contributed by atoms with van der Waals surface area (Å²) in [5, 5.41) is 6.45. The highest BCUT2D eigenvalue weighted by molar-refractivity contribution is 7.19. The molecule has 0 spiro atoms. The van der Waals surface area contributed by atoms with Gasteiger partial charge in [-0.3, -0.25) is 4.79 Å². The summed E-state index contributed by atoms with van der Waals surface area (Å²) in [5.74, 6) is 0.000266. The first-order chi connectivity index (χ1) is 16.0. The average Bonchev–Trinajstić information content (AvgIpc) is 3.21. The first-order valence-corrected chi connectivity index (χ1v) is 12.7. The first kappa shape index (κ1) is 26.0. The van der Waals surface area contributed by atoms with Crippen LogP contribution in [0.25, 0.3) is 16.0 Å². The standard InChI is InChI=1S/C27H37N3O3S/c1-18(2)17-22(28-26(32)33-27(3,4)5)25(31)29-24-12-11-23(34-24)21-9-7-19(8-10-21)20-13-15-30(6)16-14-20/h7-13,18,22H,14-17H2,1-6H3,(H,28,32)(H,29,31). The molecule has 2 N–H and O–H groups in total. The van der Waals surface area contributed by atoms with Gasteiger partial charge in [0.2, 0.25) is 5.91 Å². The summed E-state index contributed by atoms with van der Waals surface area (Å²) in [5.41, 5.74) is 3.17. The zero-order chi connectivity index (χ0) is 24.9. The molecule has 1 aliphatic heterocycles. The molecule has 0 aliphatic carbocycles. The Morgan fingerprint density at radius 3 is 2.35 bits per heavy atom. The smallest absolute Gasteiger partial charge is 0.408 e. The Bertz CT molecular complexity index is 1020. The number of amides is 2. The number of nitrogens with zero attached hydrogens (tertiary/aromatic N) is 1. The Kier molecular flexibility index (Phi) is 8.55. The van der Waals surface area contributed by atoms with Gasteiger partial charge in [-0.15, -0.1) is 11.3 Å². The molecule has 6 nitrogen and oxygen atoms in total. The van der Waals surface area contributed by atoms with Crippen LogP contribution in [0, 0.1) is 5.92 Å². The number of benzene rings is 1. The van der Waals surface area contributed by atoms with Gasteiger partial charge < -0.3 is 20.3 Å². The molecule has 0 bridgehead atoms. The second-order valence-corrected chi connectivity index (χ2v) is 11.4. The predicted molar refractivity (Wildman–Crippen MR) is 141 cm³/mol. The lowest BCUT2D eigenvalue weighted by Crippen LogP contribution is -2.46. The normalized spacial score (nSPS) is 15.6. The van der Waals surface area contributed by atoms with Crippen molar-refractivity contribution in [1.82, 2.24) is 10.2 Å². The van der Waals surface area contributed by atoms with E-state index in [4.69, 9.17) is 4.74 Å². The van der Waals surface area contributed by atoms with Crippen molar-refractivity contribution in [2.75, 3.05) is 25.5 Å². The minimum atomic E-state index is -0.664. The van der Waals surface area contributed by atoms with Crippen LogP contribution < -0.4 is 10.6 Å². The fourth-order valence-electron chi connectivity index (χ4n) is 3.80. The summed E-state index contributed by atoms with van der Waals surface area (Å²) in [6.07, 6.45) is 3.31. The molecule has 1 unspecified atom stereocenters. The van der Waals surface area contributed by atoms with Crippen LogP contribution in [0.4, 0.5) is 9.80 Å². The highest BCUT2D eigenvalue weighted by atomic mass is 32.1. The van der Waals surface area contributed by atoms with E-state index in [9.17, 15) is 9.59 Å². The van der Waals surface area contributed by atoms with Gasteiger partial charge in [0.25, 0.3) is 0 Å². The van der Waals surface area contributed by atoms with Crippen molar-refractivity contribution in [3.63, 3.8) is 0 Å². The van der Waals surface area contributed by atoms with Crippen molar-refractivity contribution >= 4 is 33.9 Å². The van der Waals surface area contributed by atoms with Crippen LogP contribution in [0.3, 0.4) is 0 Å². The molecule has 0 radical (unpaired) electrons. The molecule has 1 aliphatic rings. The van der Waals surface area contributed by atoms with Gasteiger partial charge >= 0.3 is 6.09 Å². The van der Waals surface area contributed by atoms with Crippen LogP contribution in [0.5, 0.6) is 0 Å². The van der Waals surface area contributed by atoms with E-state index < -0.39 is 17.7 Å². The molecule has 0 saturated carbocycles. The Labute approximate surface area is 207 Å². The maximum atomic E-state index is 13.0. The Balaban J connectivity index is 1.65. The molecule has 2 amide bonds. The molecule has 1 aromatic heterocycles. The molecule has 3 rings (SSSR count). The molecule has 0 saturated heterocycles. The number of rotatable bonds is 7. The van der Waals surface area contributed by atoms with Crippen molar-refractivity contribution in [2.24, 2.45) is 5.92 Å². The third-order valence-corrected chi connectivity index (χ3v) is 6.57. The highest BCUT2D eigenvalue weighted by Crippen LogP contribution is 2.33. The zero-order valence-electron chi connectivity index (χ0n) is 21.1. The topological polar surface area (TPSA) is 70.7 Å². The third-order valence-electron chi connectivity index (χ3n) is 5.52. The van der Waals surface area contributed by atoms with E-state index in [0.717, 1.165) is 35.0 Å². The zero-order valence-corrected chi connectivity index (χ0v) is 21.9. The summed E-state index contributed by atoms with van der Waals surface area (Å²) < 4.78 is 5.34. The third kappa shape index (κ3) is 7.71. The summed E-state index contributed by atoms with van der Waals surface area (Å²) >= 11 is 1.52. The second kappa shape index (κ2) is 11.2. The number of thiophene rings is 1. The van der Waals surface area contributed by atoms with Gasteiger partial charge in [-0.05, 0) is 75.4 Å². The Hall–Kier alpha value is -2.64. The quantitative estimate of drug-likeness (QED) is 0.506. The number of nitrogens with one attached hydrogen (secondary N) is 2. The molecule has 34 heavy (non-hydrogen) atoms. The SMILES string of the molecule is CC(C)CC(NC(=O)OC(C)(C)C)C(=O)Nc1ccc(-c2ccc(C3=CCN(C)CC3)cc2)s1. The van der Waals surface area contributed by atoms with Gasteiger partial charge in [0.1, 0.15) is 11.6 Å². The number of ether oxygens (including phenoxy) is 1. The molecule has 1 atom stereocenters. The molecule has 0 fully saturated rings. The fourth-order valence-corrected chi connectivity index (χ4v) is 4.72. The van der Waals surface area contributed by atoms with E-state index in [-0.39, 0.29) is 11.8 Å². The summed E-state index contributed by atoms with van der Waals surface area (Å²) in [6, 6.07) is 11.9. The summed E-state index contributed by atoms with van der Waals surface area (Å²) in [4.78, 5) is 28.6. The van der Waals surface area contributed by atoms with Crippen LogP contribution in [0.15, 0.2) is 42.5 Å². The van der Waals surface area contributed by atoms with E-state index >= 15 is 0 Å². The fraction of sp³-hybridized carbons (Fsp3) is 0.481. The lowest BCUT2D eigenvalue weighted by atomic mass is 9.98. The Morgan fingerprint density at radius 2 is 1.76 bits per heavy atom. The second-order valence-electron chi connectivity index (χ2n) is 10.3. The predicted octanol–water partition coefficient (Wildman–Crippen LogP) is 6.01. The number of alkyl carbamates (subject to hydrolysis) is 1. The number of hydrogen-bond donors (Lipinski definition) is 2. The van der Waals surface area contributed by atoms with Crippen molar-refractivity contribution in [1.29, 1.82) is 0 Å². The maximum absolute atomic E-state index is 13.0. The van der Waals surface area contributed by atoms with Crippen LogP contribution in [-0.2, 0) is 9.53 Å². The van der Waals surface area contributed by atoms with Gasteiger partial charge in [0.05, 0.1) is 5.00 Å². The van der Waals surface area contributed by atoms with Crippen LogP contribution in [-0.4, -0.2) is 48.7 Å². The highest BCUT2D eigenvalue weighted by Gasteiger charge is 2.25. The van der Waals surface area contributed by atoms with Crippen LogP contribution in [0.2, 0.25) is 0 Å². The van der Waals surface area contributed by atoms with Crippen molar-refractivity contribution in [2.45, 2.75) is 59.1 Å². The van der Waals surface area contributed by atoms with Crippen molar-refractivity contribution in [3.05, 3.63) is 48.0 Å². The molecule has 2 aromatic rings. The molecule has 7 heteroatoms. The van der Waals surface area contributed by atoms with Gasteiger partial charge in [0.15, 0.2) is 0 Å². The largest absolute Gasteiger partial charge is 0.444 e. The maximum Gasteiger partial charge on any atom is 0.408 e. The van der Waals surface area contributed by atoms with Crippen LogP contribution >= 0.6 is 11.3 Å². The molecular weight excluding hydrogens is 446 g/mol. The van der Waals surface area contributed by atoms with E-state index in [1.165, 1.54) is 22.5 Å².